The van der Waals surface area contributed by atoms with Crippen molar-refractivity contribution in [3.63, 3.8) is 0 Å². The quantitative estimate of drug-likeness (QED) is 0.919. The van der Waals surface area contributed by atoms with E-state index in [1.807, 2.05) is 18.7 Å². The highest BCUT2D eigenvalue weighted by Crippen LogP contribution is 2.39. The molecule has 7 heteroatoms. The molecule has 3 heterocycles. The lowest BCUT2D eigenvalue weighted by molar-refractivity contribution is -0.147. The van der Waals surface area contributed by atoms with Gasteiger partial charge in [0.05, 0.1) is 0 Å². The van der Waals surface area contributed by atoms with E-state index in [4.69, 9.17) is 0 Å². The maximum absolute atomic E-state index is 13.1. The molecule has 0 bridgehead atoms. The van der Waals surface area contributed by atoms with Crippen LogP contribution in [0.1, 0.15) is 50.0 Å². The molecule has 0 radical (unpaired) electrons. The number of carbonyl (C=O) groups excluding carboxylic acids is 2. The Hall–Kier alpha value is -1.63. The molecule has 1 aromatic rings. The monoisotopic (exact) mass is 336 g/mol. The van der Waals surface area contributed by atoms with E-state index in [0.29, 0.717) is 12.2 Å². The molecule has 1 atom stereocenters. The van der Waals surface area contributed by atoms with Gasteiger partial charge in [-0.2, -0.15) is 0 Å². The SMILES string of the molecule is CNc1nc(C(=O)N2CCCC23CCCN(C(C)C)C3=O)cs1. The van der Waals surface area contributed by atoms with Gasteiger partial charge in [-0.25, -0.2) is 4.98 Å². The molecule has 2 aliphatic heterocycles. The number of likely N-dealkylation sites (tertiary alicyclic amines) is 2. The summed E-state index contributed by atoms with van der Waals surface area (Å²) in [6, 6.07) is 0.174. The maximum Gasteiger partial charge on any atom is 0.274 e. The molecule has 1 unspecified atom stereocenters. The number of anilines is 1. The first-order valence-electron chi connectivity index (χ1n) is 8.26. The van der Waals surface area contributed by atoms with E-state index >= 15 is 0 Å². The smallest absolute Gasteiger partial charge is 0.274 e. The molecule has 2 fully saturated rings. The summed E-state index contributed by atoms with van der Waals surface area (Å²) in [5.41, 5.74) is -0.210. The zero-order valence-electron chi connectivity index (χ0n) is 14.0. The lowest BCUT2D eigenvalue weighted by Gasteiger charge is -2.45. The normalized spacial score (nSPS) is 24.8. The molecule has 0 aliphatic carbocycles. The highest BCUT2D eigenvalue weighted by Gasteiger charge is 2.53. The minimum atomic E-state index is -0.650. The molecule has 126 valence electrons. The van der Waals surface area contributed by atoms with Crippen LogP contribution in [0.2, 0.25) is 0 Å². The van der Waals surface area contributed by atoms with Gasteiger partial charge in [0.25, 0.3) is 5.91 Å². The van der Waals surface area contributed by atoms with Crippen LogP contribution in [0.4, 0.5) is 5.13 Å². The molecule has 1 spiro atoms. The molecule has 2 aliphatic rings. The molecule has 2 amide bonds. The van der Waals surface area contributed by atoms with E-state index in [9.17, 15) is 9.59 Å². The summed E-state index contributed by atoms with van der Waals surface area (Å²) in [7, 11) is 1.79. The molecule has 2 saturated heterocycles. The van der Waals surface area contributed by atoms with E-state index in [-0.39, 0.29) is 17.9 Å². The minimum absolute atomic E-state index is 0.112. The fraction of sp³-hybridized carbons (Fsp3) is 0.688. The molecule has 3 rings (SSSR count). The van der Waals surface area contributed by atoms with Crippen molar-refractivity contribution in [2.45, 2.75) is 51.1 Å². The summed E-state index contributed by atoms with van der Waals surface area (Å²) in [4.78, 5) is 34.1. The van der Waals surface area contributed by atoms with Crippen LogP contribution < -0.4 is 5.32 Å². The van der Waals surface area contributed by atoms with Gasteiger partial charge in [0, 0.05) is 31.6 Å². The van der Waals surface area contributed by atoms with Crippen molar-refractivity contribution in [1.82, 2.24) is 14.8 Å². The highest BCUT2D eigenvalue weighted by atomic mass is 32.1. The Kier molecular flexibility index (Phi) is 4.31. The fourth-order valence-electron chi connectivity index (χ4n) is 3.79. The average Bonchev–Trinajstić information content (AvgIpc) is 3.17. The Bertz CT molecular complexity index is 615. The van der Waals surface area contributed by atoms with Crippen molar-refractivity contribution in [2.24, 2.45) is 0 Å². The first-order chi connectivity index (χ1) is 11.0. The summed E-state index contributed by atoms with van der Waals surface area (Å²) in [6.07, 6.45) is 3.37. The Balaban J connectivity index is 1.89. The van der Waals surface area contributed by atoms with Crippen molar-refractivity contribution in [3.8, 4) is 0 Å². The molecule has 0 aromatic carbocycles. The molecular formula is C16H24N4O2S. The largest absolute Gasteiger partial charge is 0.365 e. The summed E-state index contributed by atoms with van der Waals surface area (Å²) < 4.78 is 0. The van der Waals surface area contributed by atoms with E-state index in [2.05, 4.69) is 10.3 Å². The molecule has 23 heavy (non-hydrogen) atoms. The lowest BCUT2D eigenvalue weighted by Crippen LogP contribution is -2.62. The minimum Gasteiger partial charge on any atom is -0.365 e. The first-order valence-corrected chi connectivity index (χ1v) is 9.14. The Morgan fingerprint density at radius 2 is 2.04 bits per heavy atom. The summed E-state index contributed by atoms with van der Waals surface area (Å²) in [6.45, 7) is 5.51. The van der Waals surface area contributed by atoms with Crippen LogP contribution >= 0.6 is 11.3 Å². The van der Waals surface area contributed by atoms with Gasteiger partial charge in [0.1, 0.15) is 11.2 Å². The predicted octanol–water partition coefficient (Wildman–Crippen LogP) is 2.19. The number of thiazole rings is 1. The standard InChI is InChI=1S/C16H24N4O2S/c1-11(2)19-8-4-6-16(14(19)22)7-5-9-20(16)13(21)12-10-23-15(17-3)18-12/h10-11H,4-9H2,1-3H3,(H,17,18). The fourth-order valence-corrected chi connectivity index (χ4v) is 4.44. The third-order valence-corrected chi connectivity index (χ3v) is 5.80. The summed E-state index contributed by atoms with van der Waals surface area (Å²) in [5, 5.41) is 5.45. The number of hydrogen-bond donors (Lipinski definition) is 1. The zero-order valence-corrected chi connectivity index (χ0v) is 14.8. The summed E-state index contributed by atoms with van der Waals surface area (Å²) in [5.74, 6) is 0.00729. The van der Waals surface area contributed by atoms with Crippen LogP contribution in [0, 0.1) is 0 Å². The van der Waals surface area contributed by atoms with Gasteiger partial charge < -0.3 is 15.1 Å². The predicted molar refractivity (Wildman–Crippen MR) is 90.7 cm³/mol. The Morgan fingerprint density at radius 3 is 2.65 bits per heavy atom. The third-order valence-electron chi connectivity index (χ3n) is 4.94. The van der Waals surface area contributed by atoms with Gasteiger partial charge in [0.2, 0.25) is 5.91 Å². The van der Waals surface area contributed by atoms with E-state index in [1.165, 1.54) is 11.3 Å². The van der Waals surface area contributed by atoms with Gasteiger partial charge in [-0.1, -0.05) is 0 Å². The highest BCUT2D eigenvalue weighted by molar-refractivity contribution is 7.13. The second-order valence-electron chi connectivity index (χ2n) is 6.58. The molecule has 1 aromatic heterocycles. The Morgan fingerprint density at radius 1 is 1.35 bits per heavy atom. The van der Waals surface area contributed by atoms with Gasteiger partial charge in [-0.05, 0) is 39.5 Å². The number of rotatable bonds is 3. The first kappa shape index (κ1) is 16.2. The zero-order chi connectivity index (χ0) is 16.6. The Labute approximate surface area is 140 Å². The average molecular weight is 336 g/mol. The molecule has 1 N–H and O–H groups in total. The van der Waals surface area contributed by atoms with Crippen LogP contribution in [-0.4, -0.2) is 58.3 Å². The number of nitrogens with one attached hydrogen (secondary N) is 1. The van der Waals surface area contributed by atoms with Crippen LogP contribution in [0.3, 0.4) is 0 Å². The number of aromatic nitrogens is 1. The van der Waals surface area contributed by atoms with E-state index < -0.39 is 5.54 Å². The van der Waals surface area contributed by atoms with E-state index in [0.717, 1.165) is 37.4 Å². The number of carbonyl (C=O) groups is 2. The van der Waals surface area contributed by atoms with E-state index in [1.54, 1.807) is 17.3 Å². The molecular weight excluding hydrogens is 312 g/mol. The topological polar surface area (TPSA) is 65.5 Å². The van der Waals surface area contributed by atoms with Crippen molar-refractivity contribution in [3.05, 3.63) is 11.1 Å². The van der Waals surface area contributed by atoms with Gasteiger partial charge >= 0.3 is 0 Å². The number of hydrogen-bond acceptors (Lipinski definition) is 5. The summed E-state index contributed by atoms with van der Waals surface area (Å²) >= 11 is 1.41. The van der Waals surface area contributed by atoms with Gasteiger partial charge in [-0.15, -0.1) is 11.3 Å². The van der Waals surface area contributed by atoms with Crippen LogP contribution in [0.15, 0.2) is 5.38 Å². The maximum atomic E-state index is 13.1. The second kappa shape index (κ2) is 6.11. The lowest BCUT2D eigenvalue weighted by atomic mass is 9.84. The van der Waals surface area contributed by atoms with Crippen molar-refractivity contribution >= 4 is 28.3 Å². The molecule has 6 nitrogen and oxygen atoms in total. The second-order valence-corrected chi connectivity index (χ2v) is 7.43. The van der Waals surface area contributed by atoms with Gasteiger partial charge in [-0.3, -0.25) is 9.59 Å². The van der Waals surface area contributed by atoms with Crippen LogP contribution in [0.5, 0.6) is 0 Å². The van der Waals surface area contributed by atoms with Crippen molar-refractivity contribution < 1.29 is 9.59 Å². The third kappa shape index (κ3) is 2.60. The number of nitrogens with zero attached hydrogens (tertiary/aromatic N) is 3. The number of amides is 2. The van der Waals surface area contributed by atoms with Crippen LogP contribution in [0.25, 0.3) is 0 Å². The molecule has 0 saturated carbocycles. The van der Waals surface area contributed by atoms with Crippen molar-refractivity contribution in [2.75, 3.05) is 25.5 Å². The number of piperidine rings is 1. The van der Waals surface area contributed by atoms with Crippen molar-refractivity contribution in [1.29, 1.82) is 0 Å². The van der Waals surface area contributed by atoms with Crippen LogP contribution in [-0.2, 0) is 4.79 Å². The van der Waals surface area contributed by atoms with Gasteiger partial charge in [0.15, 0.2) is 5.13 Å².